The summed E-state index contributed by atoms with van der Waals surface area (Å²) in [5.74, 6) is -1.25. The van der Waals surface area contributed by atoms with E-state index in [9.17, 15) is 18.8 Å². The number of aromatic nitrogens is 1. The molecule has 10 nitrogen and oxygen atoms in total. The van der Waals surface area contributed by atoms with E-state index in [1.54, 1.807) is 54.4 Å². The Labute approximate surface area is 318 Å². The van der Waals surface area contributed by atoms with Gasteiger partial charge < -0.3 is 25.2 Å². The van der Waals surface area contributed by atoms with Crippen LogP contribution in [0.5, 0.6) is 0 Å². The number of benzene rings is 2. The van der Waals surface area contributed by atoms with Crippen molar-refractivity contribution in [1.29, 1.82) is 0 Å². The fourth-order valence-electron chi connectivity index (χ4n) is 8.16. The van der Waals surface area contributed by atoms with Gasteiger partial charge in [0, 0.05) is 69.0 Å². The molecule has 2 N–H and O–H groups in total. The molecule has 4 aliphatic rings. The largest absolute Gasteiger partial charge is 0.381 e. The van der Waals surface area contributed by atoms with Crippen molar-refractivity contribution in [1.82, 2.24) is 14.8 Å². The molecule has 2 fully saturated rings. The van der Waals surface area contributed by atoms with E-state index in [-0.39, 0.29) is 29.1 Å². The van der Waals surface area contributed by atoms with Crippen molar-refractivity contribution in [3.8, 4) is 10.6 Å². The number of allylic oxidation sites excluding steroid dienone is 2. The average molecular weight is 747 g/mol. The fraction of sp³-hybridized carbons (Fsp3) is 0.333. The zero-order valence-electron chi connectivity index (χ0n) is 30.9. The molecular formula is C42H43FN6O4S. The quantitative estimate of drug-likeness (QED) is 0.216. The molecule has 0 aliphatic carbocycles. The molecule has 4 aliphatic heterocycles. The van der Waals surface area contributed by atoms with Gasteiger partial charge in [-0.05, 0) is 111 Å². The van der Waals surface area contributed by atoms with Gasteiger partial charge in [-0.25, -0.2) is 4.39 Å². The Morgan fingerprint density at radius 1 is 0.981 bits per heavy atom. The van der Waals surface area contributed by atoms with Gasteiger partial charge in [0.15, 0.2) is 0 Å². The monoisotopic (exact) mass is 746 g/mol. The smallest absolute Gasteiger partial charge is 0.265 e. The van der Waals surface area contributed by atoms with Crippen molar-refractivity contribution in [2.75, 3.05) is 55.4 Å². The van der Waals surface area contributed by atoms with Gasteiger partial charge in [0.2, 0.25) is 0 Å². The number of carbonyl (C=O) groups is 3. The molecule has 0 saturated carbocycles. The number of ether oxygens (including phenoxy) is 1. The van der Waals surface area contributed by atoms with Crippen LogP contribution < -0.4 is 15.5 Å². The van der Waals surface area contributed by atoms with Gasteiger partial charge in [0.1, 0.15) is 17.7 Å². The summed E-state index contributed by atoms with van der Waals surface area (Å²) in [4.78, 5) is 53.5. The number of anilines is 3. The summed E-state index contributed by atoms with van der Waals surface area (Å²) in [6.45, 7) is 9.51. The number of thiophene rings is 1. The molecule has 2 saturated heterocycles. The first-order chi connectivity index (χ1) is 26.0. The molecule has 1 atom stereocenters. The molecule has 4 aromatic rings. The number of likely N-dealkylation sites (tertiary alicyclic amines) is 1. The SMILES string of the molecule is CC1=CN(C)C(N2CC3(CCOCC3)C2)C(C(=O)Nc2ccc(C(=O)N3CCc4cc(C(=O)Nc5c(C)cccc5F)sc4-c4ncc(C)cc43)cc2)=C1. The molecule has 12 heteroatoms. The van der Waals surface area contributed by atoms with Crippen LogP contribution >= 0.6 is 11.3 Å². The summed E-state index contributed by atoms with van der Waals surface area (Å²) in [6.07, 6.45) is 8.25. The van der Waals surface area contributed by atoms with Crippen molar-refractivity contribution in [3.05, 3.63) is 117 Å². The van der Waals surface area contributed by atoms with Crippen LogP contribution in [-0.2, 0) is 16.0 Å². The minimum Gasteiger partial charge on any atom is -0.381 e. The lowest BCUT2D eigenvalue weighted by Gasteiger charge is -2.56. The van der Waals surface area contributed by atoms with Crippen LogP contribution in [-0.4, -0.2) is 78.6 Å². The summed E-state index contributed by atoms with van der Waals surface area (Å²) in [7, 11) is 2.02. The molecule has 1 unspecified atom stereocenters. The molecule has 0 radical (unpaired) electrons. The Morgan fingerprint density at radius 2 is 1.74 bits per heavy atom. The molecule has 6 heterocycles. The molecule has 3 amide bonds. The highest BCUT2D eigenvalue weighted by atomic mass is 32.1. The van der Waals surface area contributed by atoms with Crippen LogP contribution in [0.15, 0.2) is 84.2 Å². The molecule has 8 rings (SSSR count). The number of aryl methyl sites for hydroxylation is 2. The lowest BCUT2D eigenvalue weighted by molar-refractivity contribution is -0.122. The van der Waals surface area contributed by atoms with E-state index in [1.165, 1.54) is 17.4 Å². The maximum absolute atomic E-state index is 14.5. The molecule has 1 spiro atoms. The third kappa shape index (κ3) is 6.74. The standard InChI is InChI=1S/C42H43FN6O4S/c1-25-19-33-36(44-21-25)37-29(20-34(54-37)39(51)46-35-27(3)6-5-7-32(35)43)12-15-49(33)41(52)28-8-10-30(11-9-28)45-38(50)31-18-26(2)22-47(4)40(31)48-23-42(24-48)13-16-53-17-14-42/h5-11,18-22,40H,12-17,23-24H2,1-4H3,(H,45,50)(H,46,51). The first kappa shape index (κ1) is 35.8. The van der Waals surface area contributed by atoms with E-state index < -0.39 is 11.7 Å². The lowest BCUT2D eigenvalue weighted by atomic mass is 9.72. The van der Waals surface area contributed by atoms with Gasteiger partial charge in [-0.2, -0.15) is 0 Å². The van der Waals surface area contributed by atoms with Crippen molar-refractivity contribution < 1.29 is 23.5 Å². The number of para-hydroxylation sites is 1. The Bertz CT molecular complexity index is 2200. The highest BCUT2D eigenvalue weighted by molar-refractivity contribution is 7.17. The van der Waals surface area contributed by atoms with Crippen LogP contribution in [0.4, 0.5) is 21.5 Å². The number of rotatable bonds is 6. The molecule has 0 bridgehead atoms. The van der Waals surface area contributed by atoms with Gasteiger partial charge in [-0.3, -0.25) is 24.3 Å². The summed E-state index contributed by atoms with van der Waals surface area (Å²) in [5, 5.41) is 5.82. The maximum Gasteiger partial charge on any atom is 0.265 e. The zero-order valence-corrected chi connectivity index (χ0v) is 31.7. The number of pyridine rings is 1. The molecular weight excluding hydrogens is 704 g/mol. The van der Waals surface area contributed by atoms with E-state index in [0.717, 1.165) is 60.7 Å². The van der Waals surface area contributed by atoms with Crippen LogP contribution in [0, 0.1) is 25.1 Å². The first-order valence-corrected chi connectivity index (χ1v) is 19.1. The minimum absolute atomic E-state index is 0.159. The predicted molar refractivity (Wildman–Crippen MR) is 209 cm³/mol. The van der Waals surface area contributed by atoms with E-state index in [2.05, 4.69) is 26.6 Å². The van der Waals surface area contributed by atoms with Crippen LogP contribution in [0.3, 0.4) is 0 Å². The lowest BCUT2D eigenvalue weighted by Crippen LogP contribution is -2.65. The summed E-state index contributed by atoms with van der Waals surface area (Å²) in [6, 6.07) is 15.4. The summed E-state index contributed by atoms with van der Waals surface area (Å²) < 4.78 is 20.1. The van der Waals surface area contributed by atoms with Gasteiger partial charge in [0.25, 0.3) is 17.7 Å². The van der Waals surface area contributed by atoms with E-state index in [4.69, 9.17) is 9.72 Å². The van der Waals surface area contributed by atoms with Gasteiger partial charge in [-0.1, -0.05) is 12.1 Å². The third-order valence-corrected chi connectivity index (χ3v) is 12.1. The van der Waals surface area contributed by atoms with E-state index in [1.807, 2.05) is 39.1 Å². The number of hydrogen-bond acceptors (Lipinski definition) is 8. The Morgan fingerprint density at radius 3 is 2.48 bits per heavy atom. The third-order valence-electron chi connectivity index (χ3n) is 10.9. The molecule has 278 valence electrons. The predicted octanol–water partition coefficient (Wildman–Crippen LogP) is 7.17. The Hall–Kier alpha value is -5.17. The maximum atomic E-state index is 14.5. The number of nitrogens with one attached hydrogen (secondary N) is 2. The van der Waals surface area contributed by atoms with Crippen molar-refractivity contribution >= 4 is 46.1 Å². The number of likely N-dealkylation sites (N-methyl/N-ethyl adjacent to an activating group) is 1. The van der Waals surface area contributed by atoms with Crippen molar-refractivity contribution in [2.45, 2.75) is 46.2 Å². The number of carbonyl (C=O) groups excluding carboxylic acids is 3. The second-order valence-electron chi connectivity index (χ2n) is 15.0. The second-order valence-corrected chi connectivity index (χ2v) is 16.1. The fourth-order valence-corrected chi connectivity index (χ4v) is 9.27. The number of fused-ring (bicyclic) bond motifs is 3. The van der Waals surface area contributed by atoms with E-state index in [0.29, 0.717) is 51.6 Å². The second kappa shape index (κ2) is 14.2. The number of halogens is 1. The van der Waals surface area contributed by atoms with Gasteiger partial charge >= 0.3 is 0 Å². The first-order valence-electron chi connectivity index (χ1n) is 18.3. The molecule has 2 aromatic heterocycles. The highest BCUT2D eigenvalue weighted by Crippen LogP contribution is 2.44. The Kier molecular flexibility index (Phi) is 9.45. The van der Waals surface area contributed by atoms with Crippen molar-refractivity contribution in [2.24, 2.45) is 5.41 Å². The van der Waals surface area contributed by atoms with Gasteiger partial charge in [-0.15, -0.1) is 11.3 Å². The average Bonchev–Trinajstić information content (AvgIpc) is 3.50. The number of hydrogen-bond donors (Lipinski definition) is 2. The van der Waals surface area contributed by atoms with Crippen LogP contribution in [0.2, 0.25) is 0 Å². The summed E-state index contributed by atoms with van der Waals surface area (Å²) in [5.41, 5.74) is 6.91. The normalized spacial score (nSPS) is 19.2. The van der Waals surface area contributed by atoms with E-state index >= 15 is 0 Å². The highest BCUT2D eigenvalue weighted by Gasteiger charge is 2.48. The number of amides is 3. The van der Waals surface area contributed by atoms with Gasteiger partial charge in [0.05, 0.1) is 26.7 Å². The minimum atomic E-state index is -0.491. The van der Waals surface area contributed by atoms with Crippen LogP contribution in [0.1, 0.15) is 56.5 Å². The number of nitrogens with zero attached hydrogens (tertiary/aromatic N) is 4. The molecule has 54 heavy (non-hydrogen) atoms. The van der Waals surface area contributed by atoms with Crippen LogP contribution in [0.25, 0.3) is 10.6 Å². The zero-order chi connectivity index (χ0) is 37.7. The Balaban J connectivity index is 0.983. The topological polar surface area (TPSA) is 107 Å². The summed E-state index contributed by atoms with van der Waals surface area (Å²) >= 11 is 1.28. The van der Waals surface area contributed by atoms with Crippen molar-refractivity contribution in [3.63, 3.8) is 0 Å². The molecule has 2 aromatic carbocycles.